The summed E-state index contributed by atoms with van der Waals surface area (Å²) in [6, 6.07) is -0.418. The summed E-state index contributed by atoms with van der Waals surface area (Å²) < 4.78 is 0. The Morgan fingerprint density at radius 3 is 2.31 bits per heavy atom. The number of hydrogen-bond acceptors (Lipinski definition) is 5. The number of likely N-dealkylation sites (N-methyl/N-ethyl adjacent to an activating group) is 1. The first-order chi connectivity index (χ1) is 19.6. The van der Waals surface area contributed by atoms with Gasteiger partial charge in [0.15, 0.2) is 5.76 Å². The second-order valence-corrected chi connectivity index (χ2v) is 16.3. The Labute approximate surface area is 252 Å². The minimum absolute atomic E-state index is 0.00956. The summed E-state index contributed by atoms with van der Waals surface area (Å²) in [4.78, 5) is 30.0. The molecule has 1 saturated heterocycles. The summed E-state index contributed by atoms with van der Waals surface area (Å²) in [5.74, 6) is -0.549. The molecular weight excluding hydrogens is 524 g/mol. The van der Waals surface area contributed by atoms with Crippen molar-refractivity contribution in [1.82, 2.24) is 9.80 Å². The highest BCUT2D eigenvalue weighted by Gasteiger charge is 2.66. The van der Waals surface area contributed by atoms with Crippen molar-refractivity contribution in [3.05, 3.63) is 46.3 Å². The van der Waals surface area contributed by atoms with Crippen molar-refractivity contribution in [2.24, 2.45) is 33.0 Å². The molecule has 0 aromatic rings. The van der Waals surface area contributed by atoms with Crippen molar-refractivity contribution in [1.29, 1.82) is 0 Å². The van der Waals surface area contributed by atoms with Crippen molar-refractivity contribution in [3.8, 4) is 0 Å². The third-order valence-corrected chi connectivity index (χ3v) is 13.9. The third-order valence-electron chi connectivity index (χ3n) is 13.9. The number of hydrogen-bond donors (Lipinski definition) is 2. The molecule has 230 valence electrons. The molecule has 3 saturated carbocycles. The minimum Gasteiger partial charge on any atom is -0.504 e. The third kappa shape index (κ3) is 4.17. The van der Waals surface area contributed by atoms with Gasteiger partial charge in [0.1, 0.15) is 6.04 Å². The Balaban J connectivity index is 1.34. The van der Waals surface area contributed by atoms with Gasteiger partial charge in [0.05, 0.1) is 0 Å². The molecule has 5 aliphatic carbocycles. The van der Waals surface area contributed by atoms with Gasteiger partial charge in [-0.05, 0) is 110 Å². The van der Waals surface area contributed by atoms with Crippen LogP contribution in [0, 0.1) is 33.0 Å². The summed E-state index contributed by atoms with van der Waals surface area (Å²) >= 11 is 0. The first-order valence-corrected chi connectivity index (χ1v) is 16.3. The van der Waals surface area contributed by atoms with Gasteiger partial charge in [-0.1, -0.05) is 52.3 Å². The average Bonchev–Trinajstić information content (AvgIpc) is 2.94. The molecule has 0 spiro atoms. The van der Waals surface area contributed by atoms with E-state index in [1.807, 2.05) is 6.92 Å². The Morgan fingerprint density at radius 2 is 1.64 bits per heavy atom. The predicted molar refractivity (Wildman–Crippen MR) is 166 cm³/mol. The van der Waals surface area contributed by atoms with E-state index in [0.29, 0.717) is 11.5 Å². The Kier molecular flexibility index (Phi) is 6.87. The van der Waals surface area contributed by atoms with E-state index in [9.17, 15) is 19.8 Å². The van der Waals surface area contributed by atoms with Crippen LogP contribution in [0.2, 0.25) is 0 Å². The number of fused-ring (bicyclic) bond motifs is 7. The van der Waals surface area contributed by atoms with Crippen LogP contribution in [0.15, 0.2) is 46.3 Å². The van der Waals surface area contributed by atoms with Crippen molar-refractivity contribution >= 4 is 11.8 Å². The second kappa shape index (κ2) is 9.66. The van der Waals surface area contributed by atoms with Gasteiger partial charge in [0.2, 0.25) is 5.78 Å². The second-order valence-electron chi connectivity index (χ2n) is 16.3. The number of carboxylic acid groups (broad SMARTS) is 1. The van der Waals surface area contributed by atoms with Gasteiger partial charge < -0.3 is 15.1 Å². The summed E-state index contributed by atoms with van der Waals surface area (Å²) in [5, 5.41) is 20.8. The number of aliphatic hydroxyl groups excluding tert-OH is 1. The lowest BCUT2D eigenvalue weighted by molar-refractivity contribution is -0.167. The first kappa shape index (κ1) is 29.9. The molecule has 1 heterocycles. The van der Waals surface area contributed by atoms with Crippen LogP contribution in [0.1, 0.15) is 92.9 Å². The molecule has 1 unspecified atom stereocenters. The number of carbonyl (C=O) groups excluding carboxylic acids is 1. The number of aliphatic hydroxyl groups is 1. The van der Waals surface area contributed by atoms with E-state index >= 15 is 0 Å². The number of allylic oxidation sites excluding steroid dienone is 7. The van der Waals surface area contributed by atoms with Gasteiger partial charge >= 0.3 is 5.97 Å². The topological polar surface area (TPSA) is 81.1 Å². The molecule has 0 aromatic heterocycles. The standard InChI is InChI=1S/C36H52N2O4/c1-23-24-8-9-28-34(4,25(24)20-27(39)30(23)40)13-15-36(6)29-22-32(2,10-11-33(29,3)12-14-35(28,36)5)21-26(31(41)42)38-18-16-37(7)17-19-38/h8-9,20,26,29,40H,10-19,21-22H2,1-7H3,(H,41,42)/t26?,29-,32+,33+,34+,35-,36+/m1/s1. The monoisotopic (exact) mass is 576 g/mol. The summed E-state index contributed by atoms with van der Waals surface area (Å²) in [7, 11) is 2.12. The van der Waals surface area contributed by atoms with Gasteiger partial charge in [-0.25, -0.2) is 0 Å². The molecule has 6 nitrogen and oxygen atoms in total. The normalized spacial score (nSPS) is 43.3. The van der Waals surface area contributed by atoms with Crippen LogP contribution in [0.25, 0.3) is 0 Å². The van der Waals surface area contributed by atoms with Crippen LogP contribution >= 0.6 is 0 Å². The Hall–Kier alpha value is -2.18. The molecule has 6 aliphatic rings. The summed E-state index contributed by atoms with van der Waals surface area (Å²) in [6.45, 7) is 17.7. The highest BCUT2D eigenvalue weighted by atomic mass is 16.4. The fourth-order valence-electron chi connectivity index (χ4n) is 10.7. The Bertz CT molecular complexity index is 1330. The molecule has 42 heavy (non-hydrogen) atoms. The molecule has 0 aromatic carbocycles. The molecule has 0 bridgehead atoms. The van der Waals surface area contributed by atoms with E-state index in [1.165, 1.54) is 12.0 Å². The van der Waals surface area contributed by atoms with Gasteiger partial charge in [-0.15, -0.1) is 0 Å². The number of aliphatic carboxylic acids is 1. The molecular formula is C36H52N2O4. The van der Waals surface area contributed by atoms with E-state index < -0.39 is 12.0 Å². The van der Waals surface area contributed by atoms with Gasteiger partial charge in [-0.2, -0.15) is 0 Å². The number of carboxylic acids is 1. The van der Waals surface area contributed by atoms with Gasteiger partial charge in [0.25, 0.3) is 0 Å². The SMILES string of the molecule is CC1=C(O)C(=O)C=C2C1=CC=C1[C@@]2(C)CC[C@@]2(C)[C@@H]3C[C@](C)(CC(C(=O)O)N4CCN(C)CC4)CC[C@@]3(C)CC[C@]12C. The van der Waals surface area contributed by atoms with Crippen LogP contribution in [-0.2, 0) is 9.59 Å². The van der Waals surface area contributed by atoms with Crippen LogP contribution < -0.4 is 0 Å². The van der Waals surface area contributed by atoms with E-state index in [2.05, 4.69) is 63.6 Å². The lowest BCUT2D eigenvalue weighted by Gasteiger charge is -2.70. The molecule has 0 amide bonds. The van der Waals surface area contributed by atoms with Crippen molar-refractivity contribution in [3.63, 3.8) is 0 Å². The van der Waals surface area contributed by atoms with Crippen molar-refractivity contribution in [2.75, 3.05) is 33.2 Å². The number of carbonyl (C=O) groups is 2. The average molecular weight is 577 g/mol. The molecule has 4 fully saturated rings. The minimum atomic E-state index is -0.664. The molecule has 7 atom stereocenters. The largest absolute Gasteiger partial charge is 0.504 e. The highest BCUT2D eigenvalue weighted by molar-refractivity contribution is 6.06. The molecule has 6 heteroatoms. The molecule has 1 aliphatic heterocycles. The first-order valence-electron chi connectivity index (χ1n) is 16.3. The maximum Gasteiger partial charge on any atom is 0.320 e. The zero-order valence-electron chi connectivity index (χ0n) is 27.0. The zero-order chi connectivity index (χ0) is 30.5. The highest BCUT2D eigenvalue weighted by Crippen LogP contribution is 2.75. The molecule has 2 N–H and O–H groups in total. The van der Waals surface area contributed by atoms with Gasteiger partial charge in [0, 0.05) is 37.2 Å². The Morgan fingerprint density at radius 1 is 0.976 bits per heavy atom. The fraction of sp³-hybridized carbons (Fsp3) is 0.722. The zero-order valence-corrected chi connectivity index (χ0v) is 27.0. The summed E-state index contributed by atoms with van der Waals surface area (Å²) in [6.07, 6.45) is 14.7. The van der Waals surface area contributed by atoms with Gasteiger partial charge in [-0.3, -0.25) is 14.5 Å². The maximum atomic E-state index is 12.8. The summed E-state index contributed by atoms with van der Waals surface area (Å²) in [5.41, 5.74) is 4.34. The van der Waals surface area contributed by atoms with Crippen LogP contribution in [0.4, 0.5) is 0 Å². The number of rotatable bonds is 4. The fourth-order valence-corrected chi connectivity index (χ4v) is 10.7. The van der Waals surface area contributed by atoms with Crippen LogP contribution in [0.5, 0.6) is 0 Å². The quantitative estimate of drug-likeness (QED) is 0.388. The maximum absolute atomic E-state index is 12.8. The van der Waals surface area contributed by atoms with E-state index in [0.717, 1.165) is 82.3 Å². The smallest absolute Gasteiger partial charge is 0.320 e. The molecule has 6 rings (SSSR count). The van der Waals surface area contributed by atoms with Crippen molar-refractivity contribution in [2.45, 2.75) is 99.0 Å². The van der Waals surface area contributed by atoms with Crippen LogP contribution in [-0.4, -0.2) is 71.0 Å². The number of nitrogens with zero attached hydrogens (tertiary/aromatic N) is 2. The van der Waals surface area contributed by atoms with Crippen LogP contribution in [0.3, 0.4) is 0 Å². The lowest BCUT2D eigenvalue weighted by Crippen LogP contribution is -2.62. The number of ketones is 1. The molecule has 0 radical (unpaired) electrons. The van der Waals surface area contributed by atoms with E-state index in [1.54, 1.807) is 6.08 Å². The van der Waals surface area contributed by atoms with E-state index in [4.69, 9.17) is 0 Å². The van der Waals surface area contributed by atoms with Crippen molar-refractivity contribution < 1.29 is 19.8 Å². The van der Waals surface area contributed by atoms with E-state index in [-0.39, 0.29) is 38.6 Å². The predicted octanol–water partition coefficient (Wildman–Crippen LogP) is 6.70. The number of piperazine rings is 1. The lowest BCUT2D eigenvalue weighted by atomic mass is 9.34.